The molecule has 0 heterocycles. The lowest BCUT2D eigenvalue weighted by Crippen LogP contribution is -1.94. The SMILES string of the molecule is CCC1C=CC2=C(C)C(=C1)c1ccccc1-c1ccccc12. The normalized spacial score (nSPS) is 19.0. The summed E-state index contributed by atoms with van der Waals surface area (Å²) in [5.74, 6) is 0.515. The Balaban J connectivity index is 2.12. The highest BCUT2D eigenvalue weighted by Gasteiger charge is 2.23. The molecular formula is C22H20. The van der Waals surface area contributed by atoms with E-state index in [0.29, 0.717) is 5.92 Å². The van der Waals surface area contributed by atoms with Gasteiger partial charge in [0.05, 0.1) is 0 Å². The van der Waals surface area contributed by atoms with Crippen molar-refractivity contribution in [2.45, 2.75) is 20.3 Å². The van der Waals surface area contributed by atoms with E-state index in [4.69, 9.17) is 0 Å². The van der Waals surface area contributed by atoms with Crippen LogP contribution in [0.5, 0.6) is 0 Å². The molecule has 1 atom stereocenters. The number of rotatable bonds is 1. The average Bonchev–Trinajstić information content (AvgIpc) is 2.79. The van der Waals surface area contributed by atoms with Crippen LogP contribution in [0.2, 0.25) is 0 Å². The third-order valence-corrected chi connectivity index (χ3v) is 4.89. The van der Waals surface area contributed by atoms with Crippen LogP contribution in [0.4, 0.5) is 0 Å². The molecule has 0 heteroatoms. The maximum atomic E-state index is 2.45. The van der Waals surface area contributed by atoms with Crippen LogP contribution in [0, 0.1) is 5.92 Å². The minimum absolute atomic E-state index is 0.515. The second kappa shape index (κ2) is 5.14. The quantitative estimate of drug-likeness (QED) is 0.591. The van der Waals surface area contributed by atoms with Crippen molar-refractivity contribution in [3.05, 3.63) is 83.5 Å². The van der Waals surface area contributed by atoms with E-state index in [2.05, 4.69) is 80.6 Å². The minimum atomic E-state index is 0.515. The highest BCUT2D eigenvalue weighted by atomic mass is 14.3. The van der Waals surface area contributed by atoms with Crippen LogP contribution in [0.1, 0.15) is 31.4 Å². The van der Waals surface area contributed by atoms with Gasteiger partial charge in [-0.05, 0) is 58.2 Å². The predicted octanol–water partition coefficient (Wildman–Crippen LogP) is 6.12. The third-order valence-electron chi connectivity index (χ3n) is 4.89. The molecule has 0 nitrogen and oxygen atoms in total. The van der Waals surface area contributed by atoms with Crippen LogP contribution in [0.25, 0.3) is 22.3 Å². The number of hydrogen-bond donors (Lipinski definition) is 0. The standard InChI is InChI=1S/C22H20/c1-3-16-12-13-17-15(2)22(14-16)21-11-7-6-10-20(21)19-9-5-4-8-18(17)19/h4-14,16H,3H2,1-2H3. The first kappa shape index (κ1) is 13.3. The molecule has 0 aromatic heterocycles. The molecule has 0 spiro atoms. The largest absolute Gasteiger partial charge is 0.0770 e. The highest BCUT2D eigenvalue weighted by Crippen LogP contribution is 2.45. The second-order valence-corrected chi connectivity index (χ2v) is 6.14. The highest BCUT2D eigenvalue weighted by molar-refractivity contribution is 6.03. The Hall–Kier alpha value is -2.34. The van der Waals surface area contributed by atoms with E-state index in [1.54, 1.807) is 0 Å². The van der Waals surface area contributed by atoms with E-state index in [0.717, 1.165) is 6.42 Å². The van der Waals surface area contributed by atoms with Crippen LogP contribution in [-0.2, 0) is 0 Å². The first-order valence-electron chi connectivity index (χ1n) is 8.10. The van der Waals surface area contributed by atoms with Gasteiger partial charge in [0, 0.05) is 0 Å². The van der Waals surface area contributed by atoms with E-state index in [1.807, 2.05) is 0 Å². The van der Waals surface area contributed by atoms with E-state index in [9.17, 15) is 0 Å². The fourth-order valence-corrected chi connectivity index (χ4v) is 3.63. The molecule has 0 fully saturated rings. The van der Waals surface area contributed by atoms with E-state index in [-0.39, 0.29) is 0 Å². The molecule has 2 aliphatic carbocycles. The lowest BCUT2D eigenvalue weighted by molar-refractivity contribution is 0.777. The van der Waals surface area contributed by atoms with Crippen molar-refractivity contribution in [1.82, 2.24) is 0 Å². The van der Waals surface area contributed by atoms with Gasteiger partial charge in [-0.15, -0.1) is 0 Å². The molecule has 0 amide bonds. The summed E-state index contributed by atoms with van der Waals surface area (Å²) in [7, 11) is 0. The van der Waals surface area contributed by atoms with Gasteiger partial charge in [0.25, 0.3) is 0 Å². The van der Waals surface area contributed by atoms with E-state index < -0.39 is 0 Å². The molecule has 2 aromatic carbocycles. The van der Waals surface area contributed by atoms with Crippen molar-refractivity contribution < 1.29 is 0 Å². The van der Waals surface area contributed by atoms with Gasteiger partial charge >= 0.3 is 0 Å². The molecule has 0 saturated carbocycles. The monoisotopic (exact) mass is 284 g/mol. The fraction of sp³-hybridized carbons (Fsp3) is 0.182. The van der Waals surface area contributed by atoms with Crippen molar-refractivity contribution in [1.29, 1.82) is 0 Å². The van der Waals surface area contributed by atoms with Crippen LogP contribution in [0.15, 0.2) is 72.3 Å². The Morgan fingerprint density at radius 2 is 1.41 bits per heavy atom. The number of allylic oxidation sites excluding steroid dienone is 6. The molecule has 22 heavy (non-hydrogen) atoms. The van der Waals surface area contributed by atoms with E-state index in [1.165, 1.54) is 39.0 Å². The molecule has 2 aromatic rings. The zero-order valence-electron chi connectivity index (χ0n) is 13.1. The zero-order chi connectivity index (χ0) is 15.1. The van der Waals surface area contributed by atoms with Gasteiger partial charge < -0.3 is 0 Å². The van der Waals surface area contributed by atoms with Gasteiger partial charge in [-0.25, -0.2) is 0 Å². The van der Waals surface area contributed by atoms with Crippen LogP contribution < -0.4 is 0 Å². The maximum Gasteiger partial charge on any atom is -0.00435 e. The molecule has 2 bridgehead atoms. The van der Waals surface area contributed by atoms with Crippen molar-refractivity contribution in [3.63, 3.8) is 0 Å². The summed E-state index contributed by atoms with van der Waals surface area (Å²) >= 11 is 0. The molecule has 2 aliphatic rings. The second-order valence-electron chi connectivity index (χ2n) is 6.14. The first-order chi connectivity index (χ1) is 10.8. The number of benzene rings is 2. The van der Waals surface area contributed by atoms with Crippen LogP contribution in [-0.4, -0.2) is 0 Å². The lowest BCUT2D eigenvalue weighted by Gasteiger charge is -2.14. The van der Waals surface area contributed by atoms with Gasteiger partial charge in [0.15, 0.2) is 0 Å². The summed E-state index contributed by atoms with van der Waals surface area (Å²) in [5.41, 5.74) is 9.57. The van der Waals surface area contributed by atoms with Crippen molar-refractivity contribution >= 4 is 11.1 Å². The topological polar surface area (TPSA) is 0 Å². The summed E-state index contributed by atoms with van der Waals surface area (Å²) in [6.07, 6.45) is 8.28. The summed E-state index contributed by atoms with van der Waals surface area (Å²) in [6.45, 7) is 4.53. The molecule has 0 saturated heterocycles. The summed E-state index contributed by atoms with van der Waals surface area (Å²) < 4.78 is 0. The van der Waals surface area contributed by atoms with Crippen LogP contribution in [0.3, 0.4) is 0 Å². The van der Waals surface area contributed by atoms with Crippen molar-refractivity contribution in [2.75, 3.05) is 0 Å². The number of fused-ring (bicyclic) bond motifs is 6. The van der Waals surface area contributed by atoms with Gasteiger partial charge in [0.1, 0.15) is 0 Å². The summed E-state index contributed by atoms with van der Waals surface area (Å²) in [4.78, 5) is 0. The smallest absolute Gasteiger partial charge is 0.00435 e. The van der Waals surface area contributed by atoms with Crippen molar-refractivity contribution in [2.24, 2.45) is 5.92 Å². The molecule has 1 unspecified atom stereocenters. The van der Waals surface area contributed by atoms with Crippen LogP contribution >= 0.6 is 0 Å². The van der Waals surface area contributed by atoms with Gasteiger partial charge in [-0.1, -0.05) is 73.7 Å². The molecule has 0 radical (unpaired) electrons. The Morgan fingerprint density at radius 3 is 2.09 bits per heavy atom. The molecule has 0 aliphatic heterocycles. The minimum Gasteiger partial charge on any atom is -0.0770 e. The fourth-order valence-electron chi connectivity index (χ4n) is 3.63. The van der Waals surface area contributed by atoms with Gasteiger partial charge in [-0.3, -0.25) is 0 Å². The third kappa shape index (κ3) is 1.91. The lowest BCUT2D eigenvalue weighted by atomic mass is 9.90. The molecular weight excluding hydrogens is 264 g/mol. The summed E-state index contributed by atoms with van der Waals surface area (Å²) in [6, 6.07) is 17.6. The Bertz CT molecular complexity index is 831. The Labute approximate surface area is 132 Å². The van der Waals surface area contributed by atoms with Gasteiger partial charge in [0.2, 0.25) is 0 Å². The van der Waals surface area contributed by atoms with Crippen molar-refractivity contribution in [3.8, 4) is 11.1 Å². The zero-order valence-corrected chi connectivity index (χ0v) is 13.1. The Kier molecular flexibility index (Phi) is 3.11. The number of hydrogen-bond acceptors (Lipinski definition) is 0. The van der Waals surface area contributed by atoms with E-state index >= 15 is 0 Å². The average molecular weight is 284 g/mol. The first-order valence-corrected chi connectivity index (χ1v) is 8.10. The maximum absolute atomic E-state index is 2.45. The Morgan fingerprint density at radius 1 is 0.818 bits per heavy atom. The summed E-state index contributed by atoms with van der Waals surface area (Å²) in [5, 5.41) is 0. The predicted molar refractivity (Wildman–Crippen MR) is 95.4 cm³/mol. The molecule has 108 valence electrons. The molecule has 4 rings (SSSR count). The molecule has 0 N–H and O–H groups in total. The van der Waals surface area contributed by atoms with Gasteiger partial charge in [-0.2, -0.15) is 0 Å².